The molecular weight excluding hydrogens is 265 g/mol. The van der Waals surface area contributed by atoms with Gasteiger partial charge >= 0.3 is 0 Å². The summed E-state index contributed by atoms with van der Waals surface area (Å²) >= 11 is 13.4. The van der Waals surface area contributed by atoms with Gasteiger partial charge in [0, 0.05) is 11.1 Å². The molecule has 0 aliphatic carbocycles. The number of H-pyrrole nitrogens is 1. The van der Waals surface area contributed by atoms with Gasteiger partial charge in [0.2, 0.25) is 0 Å². The van der Waals surface area contributed by atoms with E-state index in [0.717, 1.165) is 16.8 Å². The van der Waals surface area contributed by atoms with E-state index in [1.165, 1.54) is 11.3 Å². The number of rotatable bonds is 2. The summed E-state index contributed by atoms with van der Waals surface area (Å²) in [5.41, 5.74) is 8.53. The van der Waals surface area contributed by atoms with Gasteiger partial charge in [0.25, 0.3) is 0 Å². The Morgan fingerprint density at radius 1 is 1.44 bits per heavy atom. The van der Waals surface area contributed by atoms with Crippen LogP contribution >= 0.6 is 34.5 Å². The highest BCUT2D eigenvalue weighted by Crippen LogP contribution is 2.41. The molecule has 2 aromatic rings. The van der Waals surface area contributed by atoms with Crippen LogP contribution < -0.4 is 5.73 Å². The zero-order valence-corrected chi connectivity index (χ0v) is 11.2. The van der Waals surface area contributed by atoms with Gasteiger partial charge in [0.15, 0.2) is 0 Å². The number of halogens is 2. The Morgan fingerprint density at radius 2 is 2.12 bits per heavy atom. The highest BCUT2D eigenvalue weighted by molar-refractivity contribution is 7.20. The monoisotopic (exact) mass is 275 g/mol. The van der Waals surface area contributed by atoms with Gasteiger partial charge < -0.3 is 5.73 Å². The Morgan fingerprint density at radius 3 is 2.62 bits per heavy atom. The number of nitrogens with zero attached hydrogens (tertiary/aromatic N) is 1. The predicted octanol–water partition coefficient (Wildman–Crippen LogP) is 4.15. The maximum absolute atomic E-state index is 6.11. The van der Waals surface area contributed by atoms with E-state index in [4.69, 9.17) is 28.9 Å². The number of hydrogen-bond acceptors (Lipinski definition) is 3. The van der Waals surface area contributed by atoms with E-state index in [1.54, 1.807) is 0 Å². The summed E-state index contributed by atoms with van der Waals surface area (Å²) in [5.74, 6) is 0.798. The summed E-state index contributed by atoms with van der Waals surface area (Å²) in [6.07, 6.45) is 0. The van der Waals surface area contributed by atoms with Gasteiger partial charge in [0.1, 0.15) is 10.2 Å². The molecule has 2 rings (SSSR count). The molecule has 0 amide bonds. The molecule has 6 heteroatoms. The van der Waals surface area contributed by atoms with Crippen molar-refractivity contribution < 1.29 is 0 Å². The van der Waals surface area contributed by atoms with Gasteiger partial charge in [-0.25, -0.2) is 0 Å². The van der Waals surface area contributed by atoms with E-state index in [1.807, 2.05) is 6.07 Å². The highest BCUT2D eigenvalue weighted by Gasteiger charge is 2.19. The molecule has 16 heavy (non-hydrogen) atoms. The molecule has 0 bridgehead atoms. The number of aromatic nitrogens is 2. The molecular formula is C10H11Cl2N3S. The van der Waals surface area contributed by atoms with E-state index < -0.39 is 0 Å². The van der Waals surface area contributed by atoms with Gasteiger partial charge in [0.05, 0.1) is 10.0 Å². The molecule has 3 N–H and O–H groups in total. The van der Waals surface area contributed by atoms with Crippen molar-refractivity contribution in [3.05, 3.63) is 20.3 Å². The van der Waals surface area contributed by atoms with Crippen molar-refractivity contribution in [3.63, 3.8) is 0 Å². The standard InChI is InChI=1S/C10H11Cl2N3S/c1-4(2)7-8(14-15-10(7)13)5-3-6(11)16-9(5)12/h3-4H,1-2H3,(H3,13,14,15). The number of nitrogens with two attached hydrogens (primary N) is 1. The molecule has 0 aliphatic heterocycles. The van der Waals surface area contributed by atoms with Crippen molar-refractivity contribution in [3.8, 4) is 11.3 Å². The van der Waals surface area contributed by atoms with E-state index in [-0.39, 0.29) is 5.92 Å². The molecule has 2 aromatic heterocycles. The van der Waals surface area contributed by atoms with E-state index in [0.29, 0.717) is 14.5 Å². The Balaban J connectivity index is 2.60. The number of hydrogen-bond donors (Lipinski definition) is 2. The maximum atomic E-state index is 6.11. The van der Waals surface area contributed by atoms with Crippen LogP contribution in [0.1, 0.15) is 25.3 Å². The van der Waals surface area contributed by atoms with E-state index >= 15 is 0 Å². The van der Waals surface area contributed by atoms with E-state index in [2.05, 4.69) is 24.0 Å². The smallest absolute Gasteiger partial charge is 0.149 e. The fourth-order valence-electron chi connectivity index (χ4n) is 1.67. The topological polar surface area (TPSA) is 54.7 Å². The predicted molar refractivity (Wildman–Crippen MR) is 70.4 cm³/mol. The minimum atomic E-state index is 0.281. The molecule has 86 valence electrons. The summed E-state index contributed by atoms with van der Waals surface area (Å²) in [6.45, 7) is 4.12. The molecule has 2 heterocycles. The molecule has 3 nitrogen and oxygen atoms in total. The van der Waals surface area contributed by atoms with Crippen molar-refractivity contribution in [2.75, 3.05) is 5.73 Å². The fourth-order valence-corrected chi connectivity index (χ4v) is 3.14. The van der Waals surface area contributed by atoms with Crippen LogP contribution in [0.15, 0.2) is 6.07 Å². The second kappa shape index (κ2) is 4.28. The summed E-state index contributed by atoms with van der Waals surface area (Å²) < 4.78 is 1.30. The lowest BCUT2D eigenvalue weighted by molar-refractivity contribution is 0.873. The molecule has 0 atom stereocenters. The van der Waals surface area contributed by atoms with Gasteiger partial charge in [-0.05, 0) is 12.0 Å². The first-order chi connectivity index (χ1) is 7.50. The summed E-state index contributed by atoms with van der Waals surface area (Å²) in [4.78, 5) is 0. The largest absolute Gasteiger partial charge is 0.382 e. The average molecular weight is 276 g/mol. The number of nitrogen functional groups attached to an aromatic ring is 1. The Hall–Kier alpha value is -0.710. The third kappa shape index (κ3) is 1.93. The summed E-state index contributed by atoms with van der Waals surface area (Å²) in [7, 11) is 0. The van der Waals surface area contributed by atoms with Crippen molar-refractivity contribution in [1.82, 2.24) is 10.2 Å². The molecule has 0 aromatic carbocycles. The van der Waals surface area contributed by atoms with Crippen LogP contribution in [-0.4, -0.2) is 10.2 Å². The fraction of sp³-hybridized carbons (Fsp3) is 0.300. The summed E-state index contributed by atoms with van der Waals surface area (Å²) in [6, 6.07) is 1.83. The molecule has 0 unspecified atom stereocenters. The van der Waals surface area contributed by atoms with Gasteiger partial charge in [-0.2, -0.15) is 5.10 Å². The first kappa shape index (κ1) is 11.8. The van der Waals surface area contributed by atoms with Gasteiger partial charge in [-0.15, -0.1) is 11.3 Å². The van der Waals surface area contributed by atoms with Crippen LogP contribution in [-0.2, 0) is 0 Å². The summed E-state index contributed by atoms with van der Waals surface area (Å²) in [5, 5.41) is 6.93. The zero-order chi connectivity index (χ0) is 11.9. The average Bonchev–Trinajstić information content (AvgIpc) is 2.69. The Bertz CT molecular complexity index is 516. The maximum Gasteiger partial charge on any atom is 0.149 e. The number of thiophene rings is 1. The van der Waals surface area contributed by atoms with Crippen molar-refractivity contribution in [1.29, 1.82) is 0 Å². The van der Waals surface area contributed by atoms with Crippen LogP contribution in [0.3, 0.4) is 0 Å². The van der Waals surface area contributed by atoms with Gasteiger partial charge in [-0.3, -0.25) is 5.10 Å². The van der Waals surface area contributed by atoms with E-state index in [9.17, 15) is 0 Å². The van der Waals surface area contributed by atoms with Crippen molar-refractivity contribution >= 4 is 40.4 Å². The van der Waals surface area contributed by atoms with Crippen LogP contribution in [0.5, 0.6) is 0 Å². The number of anilines is 1. The Labute approximate surface area is 108 Å². The van der Waals surface area contributed by atoms with Crippen LogP contribution in [0.25, 0.3) is 11.3 Å². The molecule has 0 radical (unpaired) electrons. The lowest BCUT2D eigenvalue weighted by atomic mass is 10.0. The third-order valence-electron chi connectivity index (χ3n) is 2.34. The quantitative estimate of drug-likeness (QED) is 0.865. The third-order valence-corrected chi connectivity index (χ3v) is 3.82. The molecule has 0 saturated heterocycles. The van der Waals surface area contributed by atoms with Crippen LogP contribution in [0, 0.1) is 0 Å². The van der Waals surface area contributed by atoms with Crippen LogP contribution in [0.2, 0.25) is 8.67 Å². The van der Waals surface area contributed by atoms with Crippen LogP contribution in [0.4, 0.5) is 5.82 Å². The van der Waals surface area contributed by atoms with Crippen molar-refractivity contribution in [2.24, 2.45) is 0 Å². The second-order valence-corrected chi connectivity index (χ2v) is 6.08. The van der Waals surface area contributed by atoms with Crippen molar-refractivity contribution in [2.45, 2.75) is 19.8 Å². The number of aromatic amines is 1. The minimum absolute atomic E-state index is 0.281. The minimum Gasteiger partial charge on any atom is -0.382 e. The number of nitrogens with one attached hydrogen (secondary N) is 1. The highest BCUT2D eigenvalue weighted by atomic mass is 35.5. The van der Waals surface area contributed by atoms with Gasteiger partial charge in [-0.1, -0.05) is 37.0 Å². The lowest BCUT2D eigenvalue weighted by Crippen LogP contribution is -1.94. The molecule has 0 spiro atoms. The normalized spacial score (nSPS) is 11.3. The zero-order valence-electron chi connectivity index (χ0n) is 8.84. The molecule has 0 saturated carbocycles. The second-order valence-electron chi connectivity index (χ2n) is 3.79. The lowest BCUT2D eigenvalue weighted by Gasteiger charge is -2.06. The molecule has 0 aliphatic rings. The first-order valence-corrected chi connectivity index (χ1v) is 6.37. The Kier molecular flexibility index (Phi) is 3.15. The first-order valence-electron chi connectivity index (χ1n) is 4.79. The molecule has 0 fully saturated rings. The SMILES string of the molecule is CC(C)c1c(N)n[nH]c1-c1cc(Cl)sc1Cl.